The lowest BCUT2D eigenvalue weighted by Gasteiger charge is -2.31. The molecule has 2 aromatic carbocycles. The van der Waals surface area contributed by atoms with Gasteiger partial charge in [-0.05, 0) is 60.6 Å². The van der Waals surface area contributed by atoms with Crippen molar-refractivity contribution in [3.63, 3.8) is 0 Å². The Balaban J connectivity index is 1.65. The van der Waals surface area contributed by atoms with Crippen molar-refractivity contribution in [2.75, 3.05) is 6.54 Å². The SMILES string of the molecule is Cc1nn(-c2ccccc2)c2c1CN(C(=O)NCCC(C)C)C(c1ccc(C(C)C)cc1)c1cccn1-2. The minimum Gasteiger partial charge on any atom is -0.338 e. The monoisotopic (exact) mass is 495 g/mol. The lowest BCUT2D eigenvalue weighted by atomic mass is 9.97. The Labute approximate surface area is 219 Å². The molecule has 1 atom stereocenters. The van der Waals surface area contributed by atoms with E-state index >= 15 is 0 Å². The fourth-order valence-electron chi connectivity index (χ4n) is 5.13. The van der Waals surface area contributed by atoms with Crippen molar-refractivity contribution in [3.8, 4) is 11.5 Å². The Kier molecular flexibility index (Phi) is 6.92. The third-order valence-corrected chi connectivity index (χ3v) is 7.26. The molecular formula is C31H37N5O. The molecule has 192 valence electrons. The van der Waals surface area contributed by atoms with Crippen LogP contribution in [-0.2, 0) is 6.54 Å². The number of fused-ring (bicyclic) bond motifs is 3. The van der Waals surface area contributed by atoms with E-state index in [0.29, 0.717) is 24.9 Å². The van der Waals surface area contributed by atoms with E-state index in [9.17, 15) is 4.79 Å². The predicted octanol–water partition coefficient (Wildman–Crippen LogP) is 6.76. The highest BCUT2D eigenvalue weighted by molar-refractivity contribution is 5.76. The van der Waals surface area contributed by atoms with Crippen molar-refractivity contribution in [1.82, 2.24) is 24.6 Å². The van der Waals surface area contributed by atoms with Crippen LogP contribution in [0.5, 0.6) is 0 Å². The number of amides is 2. The molecule has 37 heavy (non-hydrogen) atoms. The topological polar surface area (TPSA) is 55.1 Å². The van der Waals surface area contributed by atoms with E-state index in [4.69, 9.17) is 5.10 Å². The molecule has 0 bridgehead atoms. The lowest BCUT2D eigenvalue weighted by Crippen LogP contribution is -2.42. The van der Waals surface area contributed by atoms with E-state index in [1.807, 2.05) is 34.7 Å². The molecule has 5 rings (SSSR count). The van der Waals surface area contributed by atoms with Gasteiger partial charge < -0.3 is 14.8 Å². The zero-order valence-electron chi connectivity index (χ0n) is 22.5. The summed E-state index contributed by atoms with van der Waals surface area (Å²) < 4.78 is 4.22. The highest BCUT2D eigenvalue weighted by Crippen LogP contribution is 2.38. The van der Waals surface area contributed by atoms with Gasteiger partial charge in [0.15, 0.2) is 0 Å². The number of benzene rings is 2. The fourth-order valence-corrected chi connectivity index (χ4v) is 5.13. The molecule has 6 nitrogen and oxygen atoms in total. The first kappa shape index (κ1) is 24.9. The Morgan fingerprint density at radius 1 is 1.00 bits per heavy atom. The smallest absolute Gasteiger partial charge is 0.318 e. The summed E-state index contributed by atoms with van der Waals surface area (Å²) in [6, 6.07) is 22.9. The number of nitrogens with one attached hydrogen (secondary N) is 1. The van der Waals surface area contributed by atoms with Crippen LogP contribution >= 0.6 is 0 Å². The van der Waals surface area contributed by atoms with Crippen LogP contribution in [0.4, 0.5) is 4.79 Å². The molecule has 0 saturated heterocycles. The number of rotatable bonds is 6. The zero-order valence-corrected chi connectivity index (χ0v) is 22.5. The largest absolute Gasteiger partial charge is 0.338 e. The molecule has 1 aliphatic heterocycles. The van der Waals surface area contributed by atoms with Crippen LogP contribution in [0, 0.1) is 12.8 Å². The Bertz CT molecular complexity index is 1360. The van der Waals surface area contributed by atoms with E-state index in [2.05, 4.69) is 92.3 Å². The maximum atomic E-state index is 13.8. The zero-order chi connectivity index (χ0) is 26.1. The van der Waals surface area contributed by atoms with E-state index in [1.54, 1.807) is 0 Å². The quantitative estimate of drug-likeness (QED) is 0.321. The average Bonchev–Trinajstić information content (AvgIpc) is 3.45. The molecule has 2 aromatic heterocycles. The summed E-state index contributed by atoms with van der Waals surface area (Å²) in [4.78, 5) is 15.8. The molecule has 1 aliphatic rings. The summed E-state index contributed by atoms with van der Waals surface area (Å²) in [7, 11) is 0. The second kappa shape index (κ2) is 10.3. The molecule has 4 aromatic rings. The average molecular weight is 496 g/mol. The number of hydrogen-bond donors (Lipinski definition) is 1. The third kappa shape index (κ3) is 4.80. The molecule has 2 amide bonds. The molecule has 0 aliphatic carbocycles. The third-order valence-electron chi connectivity index (χ3n) is 7.26. The lowest BCUT2D eigenvalue weighted by molar-refractivity contribution is 0.180. The first-order chi connectivity index (χ1) is 17.8. The number of aryl methyl sites for hydroxylation is 1. The minimum atomic E-state index is -0.230. The van der Waals surface area contributed by atoms with Gasteiger partial charge in [-0.2, -0.15) is 5.10 Å². The normalized spacial score (nSPS) is 15.0. The first-order valence-corrected chi connectivity index (χ1v) is 13.3. The van der Waals surface area contributed by atoms with Crippen LogP contribution in [0.3, 0.4) is 0 Å². The Morgan fingerprint density at radius 2 is 1.73 bits per heavy atom. The van der Waals surface area contributed by atoms with E-state index in [-0.39, 0.29) is 12.1 Å². The van der Waals surface area contributed by atoms with Gasteiger partial charge in [0.1, 0.15) is 5.82 Å². The van der Waals surface area contributed by atoms with Gasteiger partial charge in [-0.25, -0.2) is 9.48 Å². The molecule has 1 N–H and O–H groups in total. The maximum Gasteiger partial charge on any atom is 0.318 e. The molecule has 0 fully saturated rings. The molecule has 0 saturated carbocycles. The number of carbonyl (C=O) groups excluding carboxylic acids is 1. The van der Waals surface area contributed by atoms with Gasteiger partial charge in [-0.3, -0.25) is 0 Å². The van der Waals surface area contributed by atoms with Crippen molar-refractivity contribution >= 4 is 6.03 Å². The fraction of sp³-hybridized carbons (Fsp3) is 0.355. The van der Waals surface area contributed by atoms with Crippen molar-refractivity contribution < 1.29 is 4.79 Å². The molecule has 6 heteroatoms. The maximum absolute atomic E-state index is 13.8. The van der Waals surface area contributed by atoms with Crippen molar-refractivity contribution in [1.29, 1.82) is 0 Å². The van der Waals surface area contributed by atoms with Crippen LogP contribution in [0.1, 0.15) is 74.2 Å². The molecule has 3 heterocycles. The van der Waals surface area contributed by atoms with Crippen molar-refractivity contribution in [3.05, 3.63) is 101 Å². The van der Waals surface area contributed by atoms with E-state index in [1.165, 1.54) is 5.56 Å². The van der Waals surface area contributed by atoms with E-state index < -0.39 is 0 Å². The van der Waals surface area contributed by atoms with Crippen LogP contribution < -0.4 is 5.32 Å². The summed E-state index contributed by atoms with van der Waals surface area (Å²) in [5.74, 6) is 1.97. The van der Waals surface area contributed by atoms with Gasteiger partial charge in [0.25, 0.3) is 0 Å². The standard InChI is InChI=1S/C31H37N5O/c1-21(2)17-18-32-31(37)35-20-27-23(5)33-36(26-10-7-6-8-11-26)30(27)34-19-9-12-28(34)29(35)25-15-13-24(14-16-25)22(3)4/h6-16,19,21-22,29H,17-18,20H2,1-5H3,(H,32,37). The second-order valence-electron chi connectivity index (χ2n) is 10.7. The number of urea groups is 1. The summed E-state index contributed by atoms with van der Waals surface area (Å²) in [5, 5.41) is 8.13. The predicted molar refractivity (Wildman–Crippen MR) is 148 cm³/mol. The van der Waals surface area contributed by atoms with Gasteiger partial charge in [-0.15, -0.1) is 0 Å². The van der Waals surface area contributed by atoms with Crippen molar-refractivity contribution in [2.45, 2.75) is 59.5 Å². The Hall–Kier alpha value is -3.80. The summed E-state index contributed by atoms with van der Waals surface area (Å²) in [6.45, 7) is 11.9. The number of para-hydroxylation sites is 1. The number of aromatic nitrogens is 3. The highest BCUT2D eigenvalue weighted by Gasteiger charge is 2.35. The van der Waals surface area contributed by atoms with Gasteiger partial charge >= 0.3 is 6.03 Å². The van der Waals surface area contributed by atoms with Crippen molar-refractivity contribution in [2.24, 2.45) is 5.92 Å². The molecule has 1 unspecified atom stereocenters. The summed E-state index contributed by atoms with van der Waals surface area (Å²) in [6.07, 6.45) is 3.03. The van der Waals surface area contributed by atoms with Crippen LogP contribution in [-0.4, -0.2) is 31.8 Å². The van der Waals surface area contributed by atoms with Gasteiger partial charge in [0.05, 0.1) is 29.7 Å². The molecular weight excluding hydrogens is 458 g/mol. The first-order valence-electron chi connectivity index (χ1n) is 13.3. The van der Waals surface area contributed by atoms with Crippen LogP contribution in [0.25, 0.3) is 11.5 Å². The molecule has 0 spiro atoms. The molecule has 0 radical (unpaired) electrons. The minimum absolute atomic E-state index is 0.0500. The van der Waals surface area contributed by atoms with Crippen LogP contribution in [0.2, 0.25) is 0 Å². The number of hydrogen-bond acceptors (Lipinski definition) is 2. The Morgan fingerprint density at radius 3 is 2.41 bits per heavy atom. The van der Waals surface area contributed by atoms with Gasteiger partial charge in [-0.1, -0.05) is 70.2 Å². The summed E-state index contributed by atoms with van der Waals surface area (Å²) in [5.41, 5.74) is 6.42. The second-order valence-corrected chi connectivity index (χ2v) is 10.7. The van der Waals surface area contributed by atoms with Gasteiger partial charge in [0.2, 0.25) is 0 Å². The highest BCUT2D eigenvalue weighted by atomic mass is 16.2. The van der Waals surface area contributed by atoms with E-state index in [0.717, 1.165) is 40.4 Å². The van der Waals surface area contributed by atoms with Gasteiger partial charge in [0, 0.05) is 18.3 Å². The number of nitrogens with zero attached hydrogens (tertiary/aromatic N) is 4. The van der Waals surface area contributed by atoms with Crippen LogP contribution in [0.15, 0.2) is 72.9 Å². The number of carbonyl (C=O) groups is 1. The summed E-state index contributed by atoms with van der Waals surface area (Å²) >= 11 is 0.